The first-order valence-corrected chi connectivity index (χ1v) is 7.45. The highest BCUT2D eigenvalue weighted by Gasteiger charge is 2.09. The van der Waals surface area contributed by atoms with Gasteiger partial charge in [-0.15, -0.1) is 11.3 Å². The minimum Gasteiger partial charge on any atom is -0.305 e. The van der Waals surface area contributed by atoms with Gasteiger partial charge in [0.15, 0.2) is 0 Å². The number of nitriles is 1. The molecule has 2 nitrogen and oxygen atoms in total. The quantitative estimate of drug-likeness (QED) is 0.879. The summed E-state index contributed by atoms with van der Waals surface area (Å²) in [5, 5.41) is 15.0. The van der Waals surface area contributed by atoms with Crippen molar-refractivity contribution in [2.24, 2.45) is 0 Å². The van der Waals surface area contributed by atoms with Crippen molar-refractivity contribution in [2.75, 3.05) is 0 Å². The summed E-state index contributed by atoms with van der Waals surface area (Å²) < 4.78 is 0. The molecule has 0 saturated carbocycles. The summed E-state index contributed by atoms with van der Waals surface area (Å²) in [7, 11) is 0. The molecule has 1 heterocycles. The SMILES string of the molecule is CCC(NCc1cc(C#N)cs1)c1cccc(Cl)c1. The van der Waals surface area contributed by atoms with Gasteiger partial charge >= 0.3 is 0 Å². The molecule has 4 heteroatoms. The van der Waals surface area contributed by atoms with Crippen molar-refractivity contribution in [1.29, 1.82) is 5.26 Å². The zero-order chi connectivity index (χ0) is 13.7. The molecule has 2 rings (SSSR count). The largest absolute Gasteiger partial charge is 0.305 e. The predicted molar refractivity (Wildman–Crippen MR) is 80.4 cm³/mol. The van der Waals surface area contributed by atoms with E-state index in [4.69, 9.17) is 16.9 Å². The molecular formula is C15H15ClN2S. The summed E-state index contributed by atoms with van der Waals surface area (Å²) in [6.07, 6.45) is 0.997. The Bertz CT molecular complexity index is 586. The maximum atomic E-state index is 8.80. The molecule has 2 aromatic rings. The Morgan fingerprint density at radius 2 is 2.26 bits per heavy atom. The number of thiophene rings is 1. The lowest BCUT2D eigenvalue weighted by atomic mass is 10.0. The van der Waals surface area contributed by atoms with Crippen molar-refractivity contribution >= 4 is 22.9 Å². The Kier molecular flexibility index (Phi) is 4.98. The normalized spacial score (nSPS) is 12.1. The standard InChI is InChI=1S/C15H15ClN2S/c1-2-15(12-4-3-5-13(16)7-12)18-9-14-6-11(8-17)10-19-14/h3-7,10,15,18H,2,9H2,1H3. The van der Waals surface area contributed by atoms with Crippen LogP contribution in [0.3, 0.4) is 0 Å². The fourth-order valence-corrected chi connectivity index (χ4v) is 2.94. The van der Waals surface area contributed by atoms with Gasteiger partial charge < -0.3 is 5.32 Å². The highest BCUT2D eigenvalue weighted by molar-refractivity contribution is 7.10. The fraction of sp³-hybridized carbons (Fsp3) is 0.267. The summed E-state index contributed by atoms with van der Waals surface area (Å²) >= 11 is 7.64. The molecule has 1 N–H and O–H groups in total. The lowest BCUT2D eigenvalue weighted by molar-refractivity contribution is 0.522. The summed E-state index contributed by atoms with van der Waals surface area (Å²) in [6.45, 7) is 2.92. The molecule has 0 aliphatic rings. The summed E-state index contributed by atoms with van der Waals surface area (Å²) in [5.41, 5.74) is 1.93. The molecule has 0 radical (unpaired) electrons. The van der Waals surface area contributed by atoms with Gasteiger partial charge in [-0.3, -0.25) is 0 Å². The first-order valence-electron chi connectivity index (χ1n) is 6.19. The number of hydrogen-bond donors (Lipinski definition) is 1. The second-order valence-electron chi connectivity index (χ2n) is 4.31. The lowest BCUT2D eigenvalue weighted by Crippen LogP contribution is -2.19. The van der Waals surface area contributed by atoms with Crippen LogP contribution in [-0.4, -0.2) is 0 Å². The van der Waals surface area contributed by atoms with Gasteiger partial charge in [0.05, 0.1) is 5.56 Å². The van der Waals surface area contributed by atoms with Crippen LogP contribution in [0.2, 0.25) is 5.02 Å². The van der Waals surface area contributed by atoms with E-state index >= 15 is 0 Å². The third kappa shape index (κ3) is 3.81. The molecule has 1 unspecified atom stereocenters. The number of hydrogen-bond acceptors (Lipinski definition) is 3. The van der Waals surface area contributed by atoms with Gasteiger partial charge in [0, 0.05) is 27.9 Å². The molecule has 0 saturated heterocycles. The summed E-state index contributed by atoms with van der Waals surface area (Å²) in [6, 6.07) is 12.3. The van der Waals surface area contributed by atoms with E-state index in [-0.39, 0.29) is 6.04 Å². The van der Waals surface area contributed by atoms with E-state index in [2.05, 4.69) is 24.4 Å². The minimum atomic E-state index is 0.284. The molecular weight excluding hydrogens is 276 g/mol. The molecule has 1 aromatic heterocycles. The van der Waals surface area contributed by atoms with Crippen LogP contribution in [0.25, 0.3) is 0 Å². The van der Waals surface area contributed by atoms with Crippen molar-refractivity contribution in [3.63, 3.8) is 0 Å². The van der Waals surface area contributed by atoms with Crippen molar-refractivity contribution < 1.29 is 0 Å². The van der Waals surface area contributed by atoms with E-state index in [0.29, 0.717) is 0 Å². The highest BCUT2D eigenvalue weighted by Crippen LogP contribution is 2.22. The second-order valence-corrected chi connectivity index (χ2v) is 5.74. The van der Waals surface area contributed by atoms with E-state index in [1.165, 1.54) is 10.4 Å². The fourth-order valence-electron chi connectivity index (χ4n) is 1.98. The van der Waals surface area contributed by atoms with Crippen LogP contribution in [0, 0.1) is 11.3 Å². The third-order valence-electron chi connectivity index (χ3n) is 2.96. The molecule has 1 atom stereocenters. The Hall–Kier alpha value is -1.34. The molecule has 0 aliphatic carbocycles. The summed E-state index contributed by atoms with van der Waals surface area (Å²) in [4.78, 5) is 1.18. The topological polar surface area (TPSA) is 35.8 Å². The molecule has 1 aromatic carbocycles. The Morgan fingerprint density at radius 1 is 1.42 bits per heavy atom. The third-order valence-corrected chi connectivity index (χ3v) is 4.14. The van der Waals surface area contributed by atoms with E-state index in [1.807, 2.05) is 29.6 Å². The smallest absolute Gasteiger partial charge is 0.100 e. The average molecular weight is 291 g/mol. The van der Waals surface area contributed by atoms with Crippen LogP contribution in [0.5, 0.6) is 0 Å². The van der Waals surface area contributed by atoms with Crippen molar-refractivity contribution in [1.82, 2.24) is 5.32 Å². The molecule has 19 heavy (non-hydrogen) atoms. The van der Waals surface area contributed by atoms with Gasteiger partial charge in [0.25, 0.3) is 0 Å². The first-order chi connectivity index (χ1) is 9.22. The highest BCUT2D eigenvalue weighted by atomic mass is 35.5. The van der Waals surface area contributed by atoms with Crippen LogP contribution in [-0.2, 0) is 6.54 Å². The van der Waals surface area contributed by atoms with Gasteiger partial charge in [0.1, 0.15) is 6.07 Å². The van der Waals surface area contributed by atoms with Gasteiger partial charge in [-0.05, 0) is 30.2 Å². The van der Waals surface area contributed by atoms with Gasteiger partial charge in [-0.25, -0.2) is 0 Å². The van der Waals surface area contributed by atoms with Crippen LogP contribution >= 0.6 is 22.9 Å². The molecule has 0 fully saturated rings. The molecule has 0 aliphatic heterocycles. The molecule has 0 bridgehead atoms. The number of rotatable bonds is 5. The van der Waals surface area contributed by atoms with Crippen LogP contribution in [0.4, 0.5) is 0 Å². The van der Waals surface area contributed by atoms with Crippen LogP contribution < -0.4 is 5.32 Å². The Labute approximate surface area is 122 Å². The maximum absolute atomic E-state index is 8.80. The Balaban J connectivity index is 2.02. The van der Waals surface area contributed by atoms with Gasteiger partial charge in [-0.1, -0.05) is 30.7 Å². The van der Waals surface area contributed by atoms with E-state index in [0.717, 1.165) is 23.6 Å². The molecule has 0 amide bonds. The number of nitrogens with zero attached hydrogens (tertiary/aromatic N) is 1. The average Bonchev–Trinajstić information content (AvgIpc) is 2.87. The van der Waals surface area contributed by atoms with E-state index in [9.17, 15) is 0 Å². The van der Waals surface area contributed by atoms with E-state index in [1.54, 1.807) is 11.3 Å². The maximum Gasteiger partial charge on any atom is 0.100 e. The van der Waals surface area contributed by atoms with E-state index < -0.39 is 0 Å². The van der Waals surface area contributed by atoms with Crippen LogP contribution in [0.15, 0.2) is 35.7 Å². The molecule has 0 spiro atoms. The second kappa shape index (κ2) is 6.72. The number of nitrogens with one attached hydrogen (secondary N) is 1. The van der Waals surface area contributed by atoms with Crippen LogP contribution in [0.1, 0.15) is 35.4 Å². The Morgan fingerprint density at radius 3 is 2.89 bits per heavy atom. The zero-order valence-electron chi connectivity index (χ0n) is 10.7. The number of benzene rings is 1. The van der Waals surface area contributed by atoms with Crippen molar-refractivity contribution in [2.45, 2.75) is 25.9 Å². The van der Waals surface area contributed by atoms with Crippen molar-refractivity contribution in [3.8, 4) is 6.07 Å². The number of halogens is 1. The molecule has 98 valence electrons. The lowest BCUT2D eigenvalue weighted by Gasteiger charge is -2.17. The van der Waals surface area contributed by atoms with Gasteiger partial charge in [0.2, 0.25) is 0 Å². The van der Waals surface area contributed by atoms with Gasteiger partial charge in [-0.2, -0.15) is 5.26 Å². The monoisotopic (exact) mass is 290 g/mol. The summed E-state index contributed by atoms with van der Waals surface area (Å²) in [5.74, 6) is 0. The minimum absolute atomic E-state index is 0.284. The van der Waals surface area contributed by atoms with Crippen molar-refractivity contribution in [3.05, 3.63) is 56.7 Å². The zero-order valence-corrected chi connectivity index (χ0v) is 12.3. The first kappa shape index (κ1) is 14.1. The predicted octanol–water partition coefficient (Wildman–Crippen LogP) is 4.51.